The molecule has 6 heteroatoms. The average Bonchev–Trinajstić information content (AvgIpc) is 2.48. The molecule has 2 saturated carbocycles. The molecule has 1 N–H and O–H groups in total. The fourth-order valence-electron chi connectivity index (χ4n) is 3.44. The van der Waals surface area contributed by atoms with Gasteiger partial charge in [0.15, 0.2) is 0 Å². The molecular formula is C17H28INO4. The summed E-state index contributed by atoms with van der Waals surface area (Å²) < 4.78 is 10.9. The minimum Gasteiger partial charge on any atom is -0.381 e. The number of rotatable bonds is 9. The second-order valence-electron chi connectivity index (χ2n) is 7.03. The first-order chi connectivity index (χ1) is 11.1. The van der Waals surface area contributed by atoms with E-state index < -0.39 is 0 Å². The molecular weight excluding hydrogens is 409 g/mol. The van der Waals surface area contributed by atoms with E-state index in [1.165, 1.54) is 25.7 Å². The van der Waals surface area contributed by atoms with Crippen LogP contribution in [0.5, 0.6) is 0 Å². The van der Waals surface area contributed by atoms with E-state index in [2.05, 4.69) is 5.32 Å². The number of hydrogen-bond acceptors (Lipinski definition) is 4. The van der Waals surface area contributed by atoms with Gasteiger partial charge in [0.05, 0.1) is 13.2 Å². The largest absolute Gasteiger partial charge is 0.381 e. The lowest BCUT2D eigenvalue weighted by atomic mass is 9.78. The summed E-state index contributed by atoms with van der Waals surface area (Å²) in [5, 5.41) is 2.97. The van der Waals surface area contributed by atoms with Gasteiger partial charge < -0.3 is 13.1 Å². The van der Waals surface area contributed by atoms with Crippen LogP contribution in [-0.2, 0) is 17.4 Å². The average molecular weight is 437 g/mol. The lowest BCUT2D eigenvalue weighted by Gasteiger charge is -2.34. The number of nitrogens with one attached hydrogen (secondary N) is 1. The van der Waals surface area contributed by atoms with Crippen LogP contribution in [0.3, 0.4) is 0 Å². The van der Waals surface area contributed by atoms with E-state index in [-0.39, 0.29) is 23.7 Å². The van der Waals surface area contributed by atoms with Crippen LogP contribution in [0, 0.1) is 17.8 Å². The van der Waals surface area contributed by atoms with Crippen LogP contribution in [0.2, 0.25) is 0 Å². The maximum atomic E-state index is 11.8. The van der Waals surface area contributed by atoms with E-state index in [0.29, 0.717) is 24.9 Å². The van der Waals surface area contributed by atoms with Crippen molar-refractivity contribution in [2.24, 2.45) is 17.8 Å². The summed E-state index contributed by atoms with van der Waals surface area (Å²) in [6.45, 7) is 3.74. The Balaban J connectivity index is 1.46. The summed E-state index contributed by atoms with van der Waals surface area (Å²) in [5.41, 5.74) is 0. The zero-order valence-corrected chi connectivity index (χ0v) is 16.0. The van der Waals surface area contributed by atoms with Crippen LogP contribution in [0.4, 0.5) is 0 Å². The molecule has 0 aromatic heterocycles. The van der Waals surface area contributed by atoms with Crippen molar-refractivity contribution in [3.63, 3.8) is 0 Å². The van der Waals surface area contributed by atoms with E-state index in [1.807, 2.05) is 23.0 Å². The van der Waals surface area contributed by atoms with Gasteiger partial charge in [0.1, 0.15) is 28.8 Å². The SMILES string of the molecule is CC(=O)C1CC(NC(=O)CCOCC2CCC(COI)CC2)C1. The van der Waals surface area contributed by atoms with Crippen molar-refractivity contribution in [3.8, 4) is 0 Å². The van der Waals surface area contributed by atoms with Gasteiger partial charge in [-0.3, -0.25) is 9.59 Å². The van der Waals surface area contributed by atoms with E-state index in [4.69, 9.17) is 7.80 Å². The van der Waals surface area contributed by atoms with Crippen LogP contribution in [-0.4, -0.2) is 37.6 Å². The maximum Gasteiger partial charge on any atom is 0.222 e. The first-order valence-corrected chi connectivity index (χ1v) is 9.57. The topological polar surface area (TPSA) is 64.6 Å². The number of ether oxygens (including phenoxy) is 1. The molecule has 2 aliphatic rings. The van der Waals surface area contributed by atoms with Crippen LogP contribution in [0.1, 0.15) is 51.9 Å². The van der Waals surface area contributed by atoms with Gasteiger partial charge in [0.25, 0.3) is 0 Å². The molecule has 0 aliphatic heterocycles. The lowest BCUT2D eigenvalue weighted by Crippen LogP contribution is -2.46. The van der Waals surface area contributed by atoms with E-state index in [0.717, 1.165) is 26.1 Å². The Bertz CT molecular complexity index is 390. The van der Waals surface area contributed by atoms with Gasteiger partial charge in [-0.2, -0.15) is 0 Å². The molecule has 23 heavy (non-hydrogen) atoms. The third kappa shape index (κ3) is 6.66. The molecule has 1 amide bonds. The Morgan fingerprint density at radius 2 is 1.70 bits per heavy atom. The fraction of sp³-hybridized carbons (Fsp3) is 0.882. The molecule has 0 bridgehead atoms. The van der Waals surface area contributed by atoms with E-state index >= 15 is 0 Å². The number of hydrogen-bond donors (Lipinski definition) is 1. The number of Topliss-reactive ketones (excluding diaryl/α,β-unsaturated/α-hetero) is 1. The number of halogens is 1. The van der Waals surface area contributed by atoms with Crippen molar-refractivity contribution in [1.82, 2.24) is 5.32 Å². The molecule has 0 heterocycles. The predicted molar refractivity (Wildman–Crippen MR) is 96.2 cm³/mol. The third-order valence-electron chi connectivity index (χ3n) is 5.17. The van der Waals surface area contributed by atoms with Gasteiger partial charge in [-0.1, -0.05) is 0 Å². The fourth-order valence-corrected chi connectivity index (χ4v) is 3.94. The first-order valence-electron chi connectivity index (χ1n) is 8.69. The second-order valence-corrected chi connectivity index (χ2v) is 7.65. The molecule has 2 aliphatic carbocycles. The first kappa shape index (κ1) is 19.1. The molecule has 0 saturated heterocycles. The zero-order chi connectivity index (χ0) is 16.7. The standard InChI is InChI=1S/C17H28INO4/c1-12(20)15-8-16(9-15)19-17(21)6-7-22-10-13-2-4-14(5-3-13)11-23-18/h13-16H,2-11H2,1H3,(H,19,21). The van der Waals surface area contributed by atoms with E-state index in [9.17, 15) is 9.59 Å². The highest BCUT2D eigenvalue weighted by Crippen LogP contribution is 2.30. The minimum atomic E-state index is 0.0416. The van der Waals surface area contributed by atoms with Crippen molar-refractivity contribution < 1.29 is 17.4 Å². The summed E-state index contributed by atoms with van der Waals surface area (Å²) in [4.78, 5) is 22.9. The summed E-state index contributed by atoms with van der Waals surface area (Å²) in [6, 6.07) is 0.187. The van der Waals surface area contributed by atoms with Crippen molar-refractivity contribution in [1.29, 1.82) is 0 Å². The lowest BCUT2D eigenvalue weighted by molar-refractivity contribution is -0.128. The van der Waals surface area contributed by atoms with Gasteiger partial charge in [-0.05, 0) is 57.3 Å². The summed E-state index contributed by atoms with van der Waals surface area (Å²) in [6.07, 6.45) is 6.85. The monoisotopic (exact) mass is 437 g/mol. The van der Waals surface area contributed by atoms with Crippen molar-refractivity contribution in [2.75, 3.05) is 19.8 Å². The van der Waals surface area contributed by atoms with Crippen molar-refractivity contribution >= 4 is 34.7 Å². The number of carbonyl (C=O) groups is 2. The van der Waals surface area contributed by atoms with E-state index in [1.54, 1.807) is 6.92 Å². The smallest absolute Gasteiger partial charge is 0.222 e. The molecule has 2 fully saturated rings. The number of ketones is 1. The van der Waals surface area contributed by atoms with Crippen LogP contribution in [0.25, 0.3) is 0 Å². The molecule has 5 nitrogen and oxygen atoms in total. The summed E-state index contributed by atoms with van der Waals surface area (Å²) in [7, 11) is 0. The number of carbonyl (C=O) groups excluding carboxylic acids is 2. The molecule has 2 rings (SSSR count). The highest BCUT2D eigenvalue weighted by Gasteiger charge is 2.32. The highest BCUT2D eigenvalue weighted by atomic mass is 127. The van der Waals surface area contributed by atoms with Gasteiger partial charge in [0, 0.05) is 25.0 Å². The quantitative estimate of drug-likeness (QED) is 0.445. The Kier molecular flexibility index (Phi) is 8.26. The predicted octanol–water partition coefficient (Wildman–Crippen LogP) is 3.05. The molecule has 0 aromatic carbocycles. The summed E-state index contributed by atoms with van der Waals surface area (Å²) in [5.74, 6) is 1.77. The second kappa shape index (κ2) is 9.93. The third-order valence-corrected chi connectivity index (χ3v) is 5.53. The molecule has 0 atom stereocenters. The molecule has 0 aromatic rings. The Morgan fingerprint density at radius 3 is 2.26 bits per heavy atom. The Labute approximate surface area is 152 Å². The van der Waals surface area contributed by atoms with Crippen molar-refractivity contribution in [2.45, 2.75) is 57.9 Å². The number of amides is 1. The zero-order valence-electron chi connectivity index (χ0n) is 13.9. The van der Waals surface area contributed by atoms with Gasteiger partial charge in [-0.15, -0.1) is 0 Å². The molecule has 0 radical (unpaired) electrons. The normalized spacial score (nSPS) is 30.5. The Hall–Kier alpha value is -0.210. The molecule has 0 unspecified atom stereocenters. The Morgan fingerprint density at radius 1 is 1.09 bits per heavy atom. The van der Waals surface area contributed by atoms with Gasteiger partial charge in [-0.25, -0.2) is 0 Å². The van der Waals surface area contributed by atoms with Crippen molar-refractivity contribution in [3.05, 3.63) is 0 Å². The molecule has 132 valence electrons. The van der Waals surface area contributed by atoms with Gasteiger partial charge in [0.2, 0.25) is 5.91 Å². The van der Waals surface area contributed by atoms with Crippen LogP contribution < -0.4 is 5.32 Å². The summed E-state index contributed by atoms with van der Waals surface area (Å²) >= 11 is 1.97. The maximum absolute atomic E-state index is 11.8. The minimum absolute atomic E-state index is 0.0416. The van der Waals surface area contributed by atoms with Crippen LogP contribution >= 0.6 is 23.0 Å². The highest BCUT2D eigenvalue weighted by molar-refractivity contribution is 14.1. The van der Waals surface area contributed by atoms with Gasteiger partial charge >= 0.3 is 0 Å². The van der Waals surface area contributed by atoms with Crippen LogP contribution in [0.15, 0.2) is 0 Å². The molecule has 0 spiro atoms.